The number of carbonyl (C=O) groups is 1. The van der Waals surface area contributed by atoms with Gasteiger partial charge in [-0.05, 0) is 29.8 Å². The van der Waals surface area contributed by atoms with Crippen LogP contribution in [0.4, 0.5) is 0 Å². The van der Waals surface area contributed by atoms with Gasteiger partial charge in [-0.2, -0.15) is 0 Å². The summed E-state index contributed by atoms with van der Waals surface area (Å²) in [5.41, 5.74) is 0.806. The van der Waals surface area contributed by atoms with Gasteiger partial charge in [0.25, 0.3) is 0 Å². The second kappa shape index (κ2) is 5.32. The van der Waals surface area contributed by atoms with E-state index in [1.165, 1.54) is 0 Å². The van der Waals surface area contributed by atoms with Gasteiger partial charge in [-0.15, -0.1) is 23.1 Å². The van der Waals surface area contributed by atoms with Crippen LogP contribution in [0.25, 0.3) is 0 Å². The molecule has 0 saturated heterocycles. The molecule has 0 fully saturated rings. The van der Waals surface area contributed by atoms with Gasteiger partial charge in [0.05, 0.1) is 0 Å². The van der Waals surface area contributed by atoms with E-state index < -0.39 is 0 Å². The van der Waals surface area contributed by atoms with Crippen molar-refractivity contribution < 1.29 is 4.79 Å². The molecule has 1 aromatic carbocycles. The van der Waals surface area contributed by atoms with E-state index in [4.69, 9.17) is 0 Å². The van der Waals surface area contributed by atoms with Crippen molar-refractivity contribution in [2.24, 2.45) is 0 Å². The van der Waals surface area contributed by atoms with Gasteiger partial charge in [0.2, 0.25) is 0 Å². The predicted octanol–water partition coefficient (Wildman–Crippen LogP) is 3.90. The maximum atomic E-state index is 12.0. The molecule has 16 heavy (non-hydrogen) atoms. The number of benzene rings is 1. The van der Waals surface area contributed by atoms with Crippen LogP contribution in [0.2, 0.25) is 0 Å². The van der Waals surface area contributed by atoms with Gasteiger partial charge >= 0.3 is 0 Å². The maximum Gasteiger partial charge on any atom is 0.168 e. The van der Waals surface area contributed by atoms with Crippen LogP contribution >= 0.6 is 23.1 Å². The summed E-state index contributed by atoms with van der Waals surface area (Å²) in [5, 5.41) is 2.00. The third kappa shape index (κ3) is 2.74. The standard InChI is InChI=1S/C13H12OS2/c1-15-11-5-2-4-10(8-11)13(14)9-12-6-3-7-16-12/h2-8H,9H2,1H3. The molecule has 1 heterocycles. The molecular formula is C13H12OS2. The van der Waals surface area contributed by atoms with Crippen LogP contribution in [0.5, 0.6) is 0 Å². The SMILES string of the molecule is CSc1cccc(C(=O)Cc2cccs2)c1. The molecular weight excluding hydrogens is 236 g/mol. The predicted molar refractivity (Wildman–Crippen MR) is 70.6 cm³/mol. The topological polar surface area (TPSA) is 17.1 Å². The minimum Gasteiger partial charge on any atom is -0.294 e. The molecule has 0 saturated carbocycles. The summed E-state index contributed by atoms with van der Waals surface area (Å²) in [5.74, 6) is 0.193. The van der Waals surface area contributed by atoms with Crippen LogP contribution in [0, 0.1) is 0 Å². The minimum atomic E-state index is 0.193. The summed E-state index contributed by atoms with van der Waals surface area (Å²) in [6, 6.07) is 11.8. The zero-order chi connectivity index (χ0) is 11.4. The van der Waals surface area contributed by atoms with E-state index in [9.17, 15) is 4.79 Å². The summed E-state index contributed by atoms with van der Waals surface area (Å²) in [6.45, 7) is 0. The molecule has 2 rings (SSSR count). The Hall–Kier alpha value is -1.06. The Morgan fingerprint density at radius 3 is 2.88 bits per heavy atom. The van der Waals surface area contributed by atoms with Crippen LogP contribution in [0.1, 0.15) is 15.2 Å². The molecule has 2 aromatic rings. The fourth-order valence-electron chi connectivity index (χ4n) is 1.47. The van der Waals surface area contributed by atoms with Crippen LogP contribution in [-0.2, 0) is 6.42 Å². The molecule has 82 valence electrons. The second-order valence-electron chi connectivity index (χ2n) is 3.41. The molecule has 0 aliphatic rings. The van der Waals surface area contributed by atoms with Gasteiger partial charge in [0.15, 0.2) is 5.78 Å². The number of Topliss-reactive ketones (excluding diaryl/α,β-unsaturated/α-hetero) is 1. The minimum absolute atomic E-state index is 0.193. The fourth-order valence-corrected chi connectivity index (χ4v) is 2.63. The molecule has 0 spiro atoms. The van der Waals surface area contributed by atoms with Crippen molar-refractivity contribution in [3.8, 4) is 0 Å². The largest absolute Gasteiger partial charge is 0.294 e. The van der Waals surface area contributed by atoms with Crippen LogP contribution < -0.4 is 0 Å². The monoisotopic (exact) mass is 248 g/mol. The first kappa shape index (κ1) is 11.4. The molecule has 1 aromatic heterocycles. The molecule has 1 nitrogen and oxygen atoms in total. The van der Waals surface area contributed by atoms with Crippen molar-refractivity contribution in [3.63, 3.8) is 0 Å². The van der Waals surface area contributed by atoms with Gasteiger partial charge in [-0.25, -0.2) is 0 Å². The Kier molecular flexibility index (Phi) is 3.80. The third-order valence-corrected chi connectivity index (χ3v) is 3.91. The second-order valence-corrected chi connectivity index (χ2v) is 5.32. The van der Waals surface area contributed by atoms with E-state index in [1.807, 2.05) is 48.0 Å². The van der Waals surface area contributed by atoms with Crippen molar-refractivity contribution in [1.29, 1.82) is 0 Å². The van der Waals surface area contributed by atoms with Gasteiger partial charge in [0.1, 0.15) is 0 Å². The summed E-state index contributed by atoms with van der Waals surface area (Å²) < 4.78 is 0. The number of thioether (sulfide) groups is 1. The normalized spacial score (nSPS) is 10.3. The van der Waals surface area contributed by atoms with Crippen LogP contribution in [-0.4, -0.2) is 12.0 Å². The van der Waals surface area contributed by atoms with Gasteiger partial charge < -0.3 is 0 Å². The highest BCUT2D eigenvalue weighted by molar-refractivity contribution is 7.98. The van der Waals surface area contributed by atoms with Crippen molar-refractivity contribution in [3.05, 3.63) is 52.2 Å². The zero-order valence-electron chi connectivity index (χ0n) is 8.97. The van der Waals surface area contributed by atoms with E-state index in [0.717, 1.165) is 15.3 Å². The number of rotatable bonds is 4. The van der Waals surface area contributed by atoms with Crippen LogP contribution in [0.15, 0.2) is 46.7 Å². The Labute approximate surface area is 104 Å². The highest BCUT2D eigenvalue weighted by Crippen LogP contribution is 2.18. The van der Waals surface area contributed by atoms with Crippen molar-refractivity contribution in [2.75, 3.05) is 6.26 Å². The van der Waals surface area contributed by atoms with E-state index in [-0.39, 0.29) is 5.78 Å². The van der Waals surface area contributed by atoms with Crippen molar-refractivity contribution >= 4 is 28.9 Å². The average Bonchev–Trinajstić information content (AvgIpc) is 2.82. The first-order valence-electron chi connectivity index (χ1n) is 4.99. The van der Waals surface area contributed by atoms with Gasteiger partial charge in [-0.3, -0.25) is 4.79 Å². The third-order valence-electron chi connectivity index (χ3n) is 2.31. The lowest BCUT2D eigenvalue weighted by Crippen LogP contribution is -2.01. The zero-order valence-corrected chi connectivity index (χ0v) is 10.6. The van der Waals surface area contributed by atoms with Crippen molar-refractivity contribution in [2.45, 2.75) is 11.3 Å². The lowest BCUT2D eigenvalue weighted by molar-refractivity contribution is 0.0993. The first-order valence-corrected chi connectivity index (χ1v) is 7.09. The number of hydrogen-bond acceptors (Lipinski definition) is 3. The molecule has 0 amide bonds. The van der Waals surface area contributed by atoms with E-state index in [0.29, 0.717) is 6.42 Å². The summed E-state index contributed by atoms with van der Waals surface area (Å²) >= 11 is 3.29. The lowest BCUT2D eigenvalue weighted by atomic mass is 10.1. The van der Waals surface area contributed by atoms with Crippen molar-refractivity contribution in [1.82, 2.24) is 0 Å². The Morgan fingerprint density at radius 1 is 1.31 bits per heavy atom. The summed E-state index contributed by atoms with van der Waals surface area (Å²) in [4.78, 5) is 14.2. The molecule has 0 aliphatic heterocycles. The molecule has 0 aliphatic carbocycles. The van der Waals surface area contributed by atoms with Crippen LogP contribution in [0.3, 0.4) is 0 Å². The molecule has 0 unspecified atom stereocenters. The number of carbonyl (C=O) groups excluding carboxylic acids is 1. The number of hydrogen-bond donors (Lipinski definition) is 0. The molecule has 0 radical (unpaired) electrons. The van der Waals surface area contributed by atoms with E-state index >= 15 is 0 Å². The fraction of sp³-hybridized carbons (Fsp3) is 0.154. The Balaban J connectivity index is 2.14. The number of thiophene rings is 1. The van der Waals surface area contributed by atoms with Gasteiger partial charge in [-0.1, -0.05) is 18.2 Å². The Bertz CT molecular complexity index is 474. The molecule has 0 bridgehead atoms. The van der Waals surface area contributed by atoms with E-state index in [1.54, 1.807) is 23.1 Å². The molecule has 0 N–H and O–H groups in total. The number of ketones is 1. The molecule has 3 heteroatoms. The molecule has 0 atom stereocenters. The Morgan fingerprint density at radius 2 is 2.19 bits per heavy atom. The quantitative estimate of drug-likeness (QED) is 0.603. The average molecular weight is 248 g/mol. The highest BCUT2D eigenvalue weighted by Gasteiger charge is 2.07. The highest BCUT2D eigenvalue weighted by atomic mass is 32.2. The van der Waals surface area contributed by atoms with Gasteiger partial charge in [0, 0.05) is 21.8 Å². The first-order chi connectivity index (χ1) is 7.79. The van der Waals surface area contributed by atoms with E-state index in [2.05, 4.69) is 0 Å². The summed E-state index contributed by atoms with van der Waals surface area (Å²) in [7, 11) is 0. The lowest BCUT2D eigenvalue weighted by Gasteiger charge is -2.01. The smallest absolute Gasteiger partial charge is 0.168 e. The summed E-state index contributed by atoms with van der Waals surface area (Å²) in [6.07, 6.45) is 2.53. The maximum absolute atomic E-state index is 12.0.